The summed E-state index contributed by atoms with van der Waals surface area (Å²) >= 11 is 0. The Hall–Kier alpha value is -1.40. The van der Waals surface area contributed by atoms with Gasteiger partial charge in [-0.3, -0.25) is 4.79 Å². The molecule has 1 rings (SSSR count). The SMILES string of the molecule is CC(C)CNC(=O)c1ccc(S(=O)(=O)NCC(C)C)cc1. The Morgan fingerprint density at radius 3 is 2.00 bits per heavy atom. The van der Waals surface area contributed by atoms with E-state index in [0.29, 0.717) is 24.6 Å². The molecule has 0 radical (unpaired) electrons. The Balaban J connectivity index is 2.75. The van der Waals surface area contributed by atoms with Gasteiger partial charge in [-0.25, -0.2) is 13.1 Å². The summed E-state index contributed by atoms with van der Waals surface area (Å²) in [6.07, 6.45) is 0. The Bertz CT molecular complexity index is 563. The molecular formula is C15H24N2O3S. The Morgan fingerprint density at radius 1 is 1.00 bits per heavy atom. The lowest BCUT2D eigenvalue weighted by Gasteiger charge is -2.10. The van der Waals surface area contributed by atoms with E-state index >= 15 is 0 Å². The first-order chi connectivity index (χ1) is 9.72. The first-order valence-electron chi connectivity index (χ1n) is 7.10. The Morgan fingerprint density at radius 2 is 1.52 bits per heavy atom. The van der Waals surface area contributed by atoms with Crippen LogP contribution in [0.15, 0.2) is 29.2 Å². The molecule has 0 aliphatic rings. The molecule has 0 heterocycles. The summed E-state index contributed by atoms with van der Waals surface area (Å²) < 4.78 is 26.6. The van der Waals surface area contributed by atoms with E-state index in [-0.39, 0.29) is 16.7 Å². The topological polar surface area (TPSA) is 75.3 Å². The van der Waals surface area contributed by atoms with Crippen molar-refractivity contribution < 1.29 is 13.2 Å². The third kappa shape index (κ3) is 5.85. The predicted octanol–water partition coefficient (Wildman–Crippen LogP) is 2.01. The fourth-order valence-corrected chi connectivity index (χ4v) is 2.76. The lowest BCUT2D eigenvalue weighted by Crippen LogP contribution is -2.28. The molecule has 0 aliphatic carbocycles. The molecule has 0 aliphatic heterocycles. The number of hydrogen-bond donors (Lipinski definition) is 2. The maximum absolute atomic E-state index is 12.0. The van der Waals surface area contributed by atoms with E-state index in [9.17, 15) is 13.2 Å². The zero-order valence-electron chi connectivity index (χ0n) is 13.0. The first-order valence-corrected chi connectivity index (χ1v) is 8.58. The molecule has 0 bridgehead atoms. The number of nitrogens with one attached hydrogen (secondary N) is 2. The van der Waals surface area contributed by atoms with Gasteiger partial charge in [-0.15, -0.1) is 0 Å². The summed E-state index contributed by atoms with van der Waals surface area (Å²) in [6, 6.07) is 5.96. The zero-order chi connectivity index (χ0) is 16.0. The van der Waals surface area contributed by atoms with Crippen molar-refractivity contribution in [3.63, 3.8) is 0 Å². The fourth-order valence-electron chi connectivity index (χ4n) is 1.54. The molecule has 0 saturated carbocycles. The first kappa shape index (κ1) is 17.7. The number of sulfonamides is 1. The smallest absolute Gasteiger partial charge is 0.251 e. The summed E-state index contributed by atoms with van der Waals surface area (Å²) in [6.45, 7) is 8.87. The minimum Gasteiger partial charge on any atom is -0.352 e. The maximum Gasteiger partial charge on any atom is 0.251 e. The minimum atomic E-state index is -3.51. The third-order valence-corrected chi connectivity index (χ3v) is 4.22. The van der Waals surface area contributed by atoms with Crippen LogP contribution in [0, 0.1) is 11.8 Å². The molecule has 2 N–H and O–H groups in total. The summed E-state index contributed by atoms with van der Waals surface area (Å²) in [5.41, 5.74) is 0.457. The summed E-state index contributed by atoms with van der Waals surface area (Å²) in [5.74, 6) is 0.414. The van der Waals surface area contributed by atoms with E-state index < -0.39 is 10.0 Å². The quantitative estimate of drug-likeness (QED) is 0.808. The molecular weight excluding hydrogens is 288 g/mol. The van der Waals surface area contributed by atoms with Crippen molar-refractivity contribution in [1.82, 2.24) is 10.0 Å². The van der Waals surface area contributed by atoms with E-state index in [2.05, 4.69) is 10.0 Å². The maximum atomic E-state index is 12.0. The van der Waals surface area contributed by atoms with Crippen molar-refractivity contribution >= 4 is 15.9 Å². The monoisotopic (exact) mass is 312 g/mol. The van der Waals surface area contributed by atoms with Crippen molar-refractivity contribution in [2.45, 2.75) is 32.6 Å². The van der Waals surface area contributed by atoms with E-state index in [1.165, 1.54) is 24.3 Å². The molecule has 21 heavy (non-hydrogen) atoms. The number of hydrogen-bond acceptors (Lipinski definition) is 3. The third-order valence-electron chi connectivity index (χ3n) is 2.78. The molecule has 0 unspecified atom stereocenters. The zero-order valence-corrected chi connectivity index (χ0v) is 13.8. The molecule has 118 valence electrons. The Kier molecular flexibility index (Phi) is 6.36. The largest absolute Gasteiger partial charge is 0.352 e. The number of benzene rings is 1. The van der Waals surface area contributed by atoms with Crippen molar-refractivity contribution in [3.8, 4) is 0 Å². The fraction of sp³-hybridized carbons (Fsp3) is 0.533. The number of carbonyl (C=O) groups excluding carboxylic acids is 1. The average Bonchev–Trinajstić information content (AvgIpc) is 2.43. The van der Waals surface area contributed by atoms with E-state index in [4.69, 9.17) is 0 Å². The highest BCUT2D eigenvalue weighted by Gasteiger charge is 2.15. The molecule has 1 aromatic carbocycles. The molecule has 1 amide bonds. The standard InChI is InChI=1S/C15H24N2O3S/c1-11(2)9-16-15(18)13-5-7-14(8-6-13)21(19,20)17-10-12(3)4/h5-8,11-12,17H,9-10H2,1-4H3,(H,16,18). The van der Waals surface area contributed by atoms with Crippen LogP contribution < -0.4 is 10.0 Å². The second-order valence-corrected chi connectivity index (χ2v) is 7.64. The van der Waals surface area contributed by atoms with Gasteiger partial charge in [0.2, 0.25) is 10.0 Å². The van der Waals surface area contributed by atoms with E-state index in [1.54, 1.807) is 0 Å². The summed E-state index contributed by atoms with van der Waals surface area (Å²) in [4.78, 5) is 12.0. The average molecular weight is 312 g/mol. The van der Waals surface area contributed by atoms with E-state index in [0.717, 1.165) is 0 Å². The lowest BCUT2D eigenvalue weighted by molar-refractivity contribution is 0.0949. The van der Waals surface area contributed by atoms with Crippen LogP contribution in [-0.2, 0) is 10.0 Å². The number of rotatable bonds is 7. The van der Waals surface area contributed by atoms with E-state index in [1.807, 2.05) is 27.7 Å². The van der Waals surface area contributed by atoms with Gasteiger partial charge in [0.05, 0.1) is 4.90 Å². The van der Waals surface area contributed by atoms with Gasteiger partial charge in [0.15, 0.2) is 0 Å². The highest BCUT2D eigenvalue weighted by atomic mass is 32.2. The van der Waals surface area contributed by atoms with Crippen molar-refractivity contribution in [1.29, 1.82) is 0 Å². The van der Waals surface area contributed by atoms with Crippen LogP contribution >= 0.6 is 0 Å². The minimum absolute atomic E-state index is 0.170. The van der Waals surface area contributed by atoms with Gasteiger partial charge in [0.1, 0.15) is 0 Å². The molecule has 0 spiro atoms. The lowest BCUT2D eigenvalue weighted by atomic mass is 10.2. The van der Waals surface area contributed by atoms with Crippen LogP contribution in [0.3, 0.4) is 0 Å². The second-order valence-electron chi connectivity index (χ2n) is 5.87. The molecule has 0 fully saturated rings. The number of amides is 1. The van der Waals surface area contributed by atoms with Crippen molar-refractivity contribution in [2.24, 2.45) is 11.8 Å². The molecule has 6 heteroatoms. The molecule has 1 aromatic rings. The van der Waals surface area contributed by atoms with Crippen LogP contribution in [0.5, 0.6) is 0 Å². The normalized spacial score (nSPS) is 11.9. The number of carbonyl (C=O) groups is 1. The van der Waals surface area contributed by atoms with Crippen LogP contribution in [-0.4, -0.2) is 27.4 Å². The molecule has 0 saturated heterocycles. The summed E-state index contributed by atoms with van der Waals surface area (Å²) in [7, 11) is -3.51. The molecule has 0 aromatic heterocycles. The van der Waals surface area contributed by atoms with Gasteiger partial charge < -0.3 is 5.32 Å². The van der Waals surface area contributed by atoms with Crippen molar-refractivity contribution in [2.75, 3.05) is 13.1 Å². The molecule has 5 nitrogen and oxygen atoms in total. The van der Waals surface area contributed by atoms with Gasteiger partial charge in [-0.1, -0.05) is 27.7 Å². The van der Waals surface area contributed by atoms with Gasteiger partial charge in [-0.2, -0.15) is 0 Å². The highest BCUT2D eigenvalue weighted by molar-refractivity contribution is 7.89. The van der Waals surface area contributed by atoms with Crippen LogP contribution in [0.25, 0.3) is 0 Å². The van der Waals surface area contributed by atoms with Crippen LogP contribution in [0.1, 0.15) is 38.1 Å². The van der Waals surface area contributed by atoms with Crippen LogP contribution in [0.2, 0.25) is 0 Å². The van der Waals surface area contributed by atoms with Crippen molar-refractivity contribution in [3.05, 3.63) is 29.8 Å². The summed E-state index contributed by atoms with van der Waals surface area (Å²) in [5, 5.41) is 2.79. The molecule has 0 atom stereocenters. The highest BCUT2D eigenvalue weighted by Crippen LogP contribution is 2.11. The Labute approximate surface area is 127 Å². The predicted molar refractivity (Wildman–Crippen MR) is 83.6 cm³/mol. The van der Waals surface area contributed by atoms with Gasteiger partial charge in [0.25, 0.3) is 5.91 Å². The second kappa shape index (κ2) is 7.56. The van der Waals surface area contributed by atoms with Gasteiger partial charge in [-0.05, 0) is 36.1 Å². The van der Waals surface area contributed by atoms with Gasteiger partial charge in [0, 0.05) is 18.7 Å². The van der Waals surface area contributed by atoms with Gasteiger partial charge >= 0.3 is 0 Å². The van der Waals surface area contributed by atoms with Crippen LogP contribution in [0.4, 0.5) is 0 Å².